The third kappa shape index (κ3) is 3.34. The Labute approximate surface area is 157 Å². The molecule has 1 atom stereocenters. The number of aromatic nitrogens is 2. The Kier molecular flexibility index (Phi) is 5.34. The highest BCUT2D eigenvalue weighted by Gasteiger charge is 2.34. The Morgan fingerprint density at radius 3 is 2.78 bits per heavy atom. The van der Waals surface area contributed by atoms with Gasteiger partial charge in [0.15, 0.2) is 0 Å². The van der Waals surface area contributed by atoms with E-state index in [1.165, 1.54) is 0 Å². The summed E-state index contributed by atoms with van der Waals surface area (Å²) in [7, 11) is 3.17. The highest BCUT2D eigenvalue weighted by molar-refractivity contribution is 5.99. The first-order chi connectivity index (χ1) is 13.0. The molecule has 0 bridgehead atoms. The van der Waals surface area contributed by atoms with Crippen LogP contribution in [0, 0.1) is 6.92 Å². The maximum Gasteiger partial charge on any atom is 0.272 e. The number of amides is 2. The molecule has 8 nitrogen and oxygen atoms in total. The molecular formula is C19H24N4O4. The Morgan fingerprint density at radius 1 is 1.33 bits per heavy atom. The Bertz CT molecular complexity index is 861. The van der Waals surface area contributed by atoms with Gasteiger partial charge in [0, 0.05) is 24.2 Å². The third-order valence-corrected chi connectivity index (χ3v) is 4.86. The fourth-order valence-corrected chi connectivity index (χ4v) is 3.37. The molecule has 0 spiro atoms. The topological polar surface area (TPSA) is 96.6 Å². The first kappa shape index (κ1) is 18.8. The summed E-state index contributed by atoms with van der Waals surface area (Å²) in [5.41, 5.74) is 2.42. The molecule has 2 N–H and O–H groups in total. The summed E-state index contributed by atoms with van der Waals surface area (Å²) in [6.07, 6.45) is 0.557. The van der Waals surface area contributed by atoms with E-state index in [0.29, 0.717) is 48.0 Å². The monoisotopic (exact) mass is 372 g/mol. The van der Waals surface area contributed by atoms with Gasteiger partial charge in [-0.1, -0.05) is 6.92 Å². The van der Waals surface area contributed by atoms with Crippen LogP contribution in [0.3, 0.4) is 0 Å². The fourth-order valence-electron chi connectivity index (χ4n) is 3.37. The molecule has 1 saturated heterocycles. The van der Waals surface area contributed by atoms with Gasteiger partial charge >= 0.3 is 0 Å². The van der Waals surface area contributed by atoms with Crippen molar-refractivity contribution in [3.63, 3.8) is 0 Å². The number of benzene rings is 1. The van der Waals surface area contributed by atoms with Gasteiger partial charge in [-0.25, -0.2) is 0 Å². The Balaban J connectivity index is 1.98. The molecule has 1 fully saturated rings. The van der Waals surface area contributed by atoms with Crippen molar-refractivity contribution >= 4 is 11.8 Å². The summed E-state index contributed by atoms with van der Waals surface area (Å²) in [5.74, 6) is 0.951. The summed E-state index contributed by atoms with van der Waals surface area (Å²) >= 11 is 0. The molecule has 0 aliphatic carbocycles. The van der Waals surface area contributed by atoms with Gasteiger partial charge in [-0.3, -0.25) is 14.7 Å². The van der Waals surface area contributed by atoms with E-state index < -0.39 is 6.04 Å². The normalized spacial score (nSPS) is 16.8. The van der Waals surface area contributed by atoms with Crippen molar-refractivity contribution in [3.05, 3.63) is 29.5 Å². The van der Waals surface area contributed by atoms with E-state index in [2.05, 4.69) is 15.5 Å². The number of hydrogen-bond donors (Lipinski definition) is 2. The van der Waals surface area contributed by atoms with Gasteiger partial charge < -0.3 is 19.7 Å². The molecule has 3 rings (SSSR count). The largest absolute Gasteiger partial charge is 0.497 e. The van der Waals surface area contributed by atoms with Crippen LogP contribution >= 0.6 is 0 Å². The maximum absolute atomic E-state index is 13.1. The number of nitrogens with one attached hydrogen (secondary N) is 2. The molecule has 0 radical (unpaired) electrons. The second-order valence-corrected chi connectivity index (χ2v) is 6.35. The number of methoxy groups -OCH3 is 2. The van der Waals surface area contributed by atoms with Crippen molar-refractivity contribution in [1.29, 1.82) is 0 Å². The lowest BCUT2D eigenvalue weighted by molar-refractivity contribution is -0.127. The minimum Gasteiger partial charge on any atom is -0.497 e. The first-order valence-corrected chi connectivity index (χ1v) is 8.87. The molecule has 8 heteroatoms. The second-order valence-electron chi connectivity index (χ2n) is 6.35. The molecule has 144 valence electrons. The predicted octanol–water partition coefficient (Wildman–Crippen LogP) is 1.75. The molecular weight excluding hydrogens is 348 g/mol. The first-order valence-electron chi connectivity index (χ1n) is 8.87. The highest BCUT2D eigenvalue weighted by Crippen LogP contribution is 2.35. The van der Waals surface area contributed by atoms with Crippen molar-refractivity contribution in [2.75, 3.05) is 27.3 Å². The number of rotatable bonds is 5. The zero-order valence-electron chi connectivity index (χ0n) is 16.0. The summed E-state index contributed by atoms with van der Waals surface area (Å²) < 4.78 is 10.7. The van der Waals surface area contributed by atoms with Crippen molar-refractivity contribution in [2.24, 2.45) is 0 Å². The molecule has 1 aliphatic rings. The quantitative estimate of drug-likeness (QED) is 0.834. The van der Waals surface area contributed by atoms with Gasteiger partial charge in [0.2, 0.25) is 5.91 Å². The molecule has 27 heavy (non-hydrogen) atoms. The Morgan fingerprint density at radius 2 is 2.11 bits per heavy atom. The maximum atomic E-state index is 13.1. The van der Waals surface area contributed by atoms with Crippen molar-refractivity contribution < 1.29 is 19.1 Å². The molecule has 1 aromatic heterocycles. The van der Waals surface area contributed by atoms with E-state index in [0.717, 1.165) is 5.56 Å². The van der Waals surface area contributed by atoms with Crippen LogP contribution in [0.5, 0.6) is 11.5 Å². The standard InChI is InChI=1S/C19H24N4O4/c1-5-14-18(24)20-8-9-23(14)19(25)17-11(2)16(21-22-17)13-10-12(26-3)6-7-15(13)27-4/h6-7,10,14H,5,8-9H2,1-4H3,(H,20,24)(H,21,22). The molecule has 1 aliphatic heterocycles. The van der Waals surface area contributed by atoms with Crippen LogP contribution in [0.2, 0.25) is 0 Å². The van der Waals surface area contributed by atoms with Gasteiger partial charge in [0.1, 0.15) is 23.2 Å². The van der Waals surface area contributed by atoms with Crippen LogP contribution in [0.4, 0.5) is 0 Å². The van der Waals surface area contributed by atoms with E-state index in [1.54, 1.807) is 31.3 Å². The van der Waals surface area contributed by atoms with E-state index in [-0.39, 0.29) is 11.8 Å². The molecule has 1 unspecified atom stereocenters. The van der Waals surface area contributed by atoms with Crippen molar-refractivity contribution in [1.82, 2.24) is 20.4 Å². The van der Waals surface area contributed by atoms with Gasteiger partial charge in [-0.15, -0.1) is 0 Å². The molecule has 1 aromatic carbocycles. The summed E-state index contributed by atoms with van der Waals surface area (Å²) in [5, 5.41) is 10.00. The molecule has 2 heterocycles. The number of aromatic amines is 1. The zero-order valence-corrected chi connectivity index (χ0v) is 16.0. The fraction of sp³-hybridized carbons (Fsp3) is 0.421. The molecule has 2 aromatic rings. The van der Waals surface area contributed by atoms with Gasteiger partial charge in [-0.2, -0.15) is 5.10 Å². The van der Waals surface area contributed by atoms with Crippen LogP contribution in [0.15, 0.2) is 18.2 Å². The van der Waals surface area contributed by atoms with Gasteiger partial charge in [0.05, 0.1) is 19.9 Å². The molecule has 0 saturated carbocycles. The number of nitrogens with zero attached hydrogens (tertiary/aromatic N) is 2. The number of piperazine rings is 1. The van der Waals surface area contributed by atoms with E-state index >= 15 is 0 Å². The Hall–Kier alpha value is -3.03. The molecule has 2 amide bonds. The van der Waals surface area contributed by atoms with Crippen LogP contribution in [0.25, 0.3) is 11.3 Å². The smallest absolute Gasteiger partial charge is 0.272 e. The van der Waals surface area contributed by atoms with Gasteiger partial charge in [0.25, 0.3) is 5.91 Å². The highest BCUT2D eigenvalue weighted by atomic mass is 16.5. The average molecular weight is 372 g/mol. The number of carbonyl (C=O) groups excluding carboxylic acids is 2. The van der Waals surface area contributed by atoms with Crippen LogP contribution < -0.4 is 14.8 Å². The number of ether oxygens (including phenoxy) is 2. The lowest BCUT2D eigenvalue weighted by atomic mass is 10.0. The number of carbonyl (C=O) groups is 2. The van der Waals surface area contributed by atoms with Crippen LogP contribution in [-0.2, 0) is 4.79 Å². The summed E-state index contributed by atoms with van der Waals surface area (Å²) in [4.78, 5) is 26.8. The SMILES string of the molecule is CCC1C(=O)NCCN1C(=O)c1[nH]nc(-c2cc(OC)ccc2OC)c1C. The summed E-state index contributed by atoms with van der Waals surface area (Å²) in [6, 6.07) is 4.95. The number of hydrogen-bond acceptors (Lipinski definition) is 5. The number of H-pyrrole nitrogens is 1. The minimum absolute atomic E-state index is 0.121. The van der Waals surface area contributed by atoms with Crippen LogP contribution in [0.1, 0.15) is 29.4 Å². The van der Waals surface area contributed by atoms with E-state index in [9.17, 15) is 9.59 Å². The second kappa shape index (κ2) is 7.69. The van der Waals surface area contributed by atoms with E-state index in [1.807, 2.05) is 19.9 Å². The van der Waals surface area contributed by atoms with E-state index in [4.69, 9.17) is 9.47 Å². The predicted molar refractivity (Wildman–Crippen MR) is 100.0 cm³/mol. The zero-order chi connectivity index (χ0) is 19.6. The minimum atomic E-state index is -0.469. The lowest BCUT2D eigenvalue weighted by Gasteiger charge is -2.34. The third-order valence-electron chi connectivity index (χ3n) is 4.86. The van der Waals surface area contributed by atoms with Crippen molar-refractivity contribution in [2.45, 2.75) is 26.3 Å². The van der Waals surface area contributed by atoms with Crippen molar-refractivity contribution in [3.8, 4) is 22.8 Å². The lowest BCUT2D eigenvalue weighted by Crippen LogP contribution is -2.57. The average Bonchev–Trinajstić information content (AvgIpc) is 3.07. The summed E-state index contributed by atoms with van der Waals surface area (Å²) in [6.45, 7) is 4.64. The van der Waals surface area contributed by atoms with Gasteiger partial charge in [-0.05, 0) is 31.5 Å². The van der Waals surface area contributed by atoms with Crippen LogP contribution in [-0.4, -0.2) is 60.3 Å².